The van der Waals surface area contributed by atoms with Crippen LogP contribution in [0.15, 0.2) is 24.3 Å². The second kappa shape index (κ2) is 5.87. The summed E-state index contributed by atoms with van der Waals surface area (Å²) >= 11 is 0. The number of nitrogens with one attached hydrogen (secondary N) is 1. The first kappa shape index (κ1) is 12.9. The van der Waals surface area contributed by atoms with Crippen molar-refractivity contribution < 1.29 is 9.53 Å². The molecular weight excluding hydrogens is 228 g/mol. The number of rotatable bonds is 3. The lowest BCUT2D eigenvalue weighted by atomic mass is 10.0. The third-order valence-corrected chi connectivity index (χ3v) is 3.51. The SMILES string of the molecule is COc1ccc(C(=O)N(C)C2CCNCC2)cc1. The van der Waals surface area contributed by atoms with E-state index in [4.69, 9.17) is 4.74 Å². The fourth-order valence-electron chi connectivity index (χ4n) is 2.30. The average molecular weight is 248 g/mol. The minimum absolute atomic E-state index is 0.0875. The highest BCUT2D eigenvalue weighted by atomic mass is 16.5. The van der Waals surface area contributed by atoms with Gasteiger partial charge in [0.25, 0.3) is 5.91 Å². The van der Waals surface area contributed by atoms with Crippen LogP contribution in [0.3, 0.4) is 0 Å². The number of benzene rings is 1. The standard InChI is InChI=1S/C14H20N2O2/c1-16(12-7-9-15-10-8-12)14(17)11-3-5-13(18-2)6-4-11/h3-6,12,15H,7-10H2,1-2H3. The molecule has 0 unspecified atom stereocenters. The van der Waals surface area contributed by atoms with Gasteiger partial charge in [0.15, 0.2) is 0 Å². The molecule has 0 radical (unpaired) electrons. The summed E-state index contributed by atoms with van der Waals surface area (Å²) in [7, 11) is 3.51. The van der Waals surface area contributed by atoms with Crippen molar-refractivity contribution in [3.05, 3.63) is 29.8 Å². The van der Waals surface area contributed by atoms with Gasteiger partial charge in [0.2, 0.25) is 0 Å². The lowest BCUT2D eigenvalue weighted by Crippen LogP contribution is -2.43. The van der Waals surface area contributed by atoms with Crippen LogP contribution >= 0.6 is 0 Å². The van der Waals surface area contributed by atoms with Gasteiger partial charge < -0.3 is 15.0 Å². The van der Waals surface area contributed by atoms with Gasteiger partial charge in [-0.05, 0) is 50.2 Å². The highest BCUT2D eigenvalue weighted by molar-refractivity contribution is 5.94. The molecule has 18 heavy (non-hydrogen) atoms. The quantitative estimate of drug-likeness (QED) is 0.881. The zero-order valence-electron chi connectivity index (χ0n) is 11.0. The van der Waals surface area contributed by atoms with Crippen LogP contribution in [0.25, 0.3) is 0 Å². The fourth-order valence-corrected chi connectivity index (χ4v) is 2.30. The molecule has 1 aliphatic heterocycles. The summed E-state index contributed by atoms with van der Waals surface area (Å²) < 4.78 is 5.09. The Morgan fingerprint density at radius 3 is 2.44 bits per heavy atom. The molecule has 0 saturated carbocycles. The van der Waals surface area contributed by atoms with Crippen LogP contribution < -0.4 is 10.1 Å². The smallest absolute Gasteiger partial charge is 0.253 e. The highest BCUT2D eigenvalue weighted by Crippen LogP contribution is 2.16. The van der Waals surface area contributed by atoms with E-state index in [-0.39, 0.29) is 5.91 Å². The molecular formula is C14H20N2O2. The van der Waals surface area contributed by atoms with E-state index in [1.54, 1.807) is 7.11 Å². The predicted octanol–water partition coefficient (Wildman–Crippen LogP) is 1.52. The molecule has 1 aliphatic rings. The van der Waals surface area contributed by atoms with Gasteiger partial charge in [-0.15, -0.1) is 0 Å². The zero-order chi connectivity index (χ0) is 13.0. The lowest BCUT2D eigenvalue weighted by Gasteiger charge is -2.31. The lowest BCUT2D eigenvalue weighted by molar-refractivity contribution is 0.0703. The van der Waals surface area contributed by atoms with Crippen LogP contribution in [0.4, 0.5) is 0 Å². The second-order valence-corrected chi connectivity index (χ2v) is 4.63. The summed E-state index contributed by atoms with van der Waals surface area (Å²) in [4.78, 5) is 14.2. The number of hydrogen-bond acceptors (Lipinski definition) is 3. The van der Waals surface area contributed by atoms with Gasteiger partial charge >= 0.3 is 0 Å². The summed E-state index contributed by atoms with van der Waals surface area (Å²) in [5, 5.41) is 3.31. The maximum absolute atomic E-state index is 12.3. The van der Waals surface area contributed by atoms with Crippen LogP contribution in [0, 0.1) is 0 Å². The molecule has 1 saturated heterocycles. The Hall–Kier alpha value is -1.55. The van der Waals surface area contributed by atoms with Crippen LogP contribution in [0.2, 0.25) is 0 Å². The summed E-state index contributed by atoms with van der Waals surface area (Å²) in [5.41, 5.74) is 0.719. The Labute approximate surface area is 108 Å². The van der Waals surface area contributed by atoms with E-state index in [1.807, 2.05) is 36.2 Å². The minimum atomic E-state index is 0.0875. The normalized spacial score (nSPS) is 16.3. The largest absolute Gasteiger partial charge is 0.497 e. The van der Waals surface area contributed by atoms with Gasteiger partial charge in [0.05, 0.1) is 7.11 Å². The Kier molecular flexibility index (Phi) is 4.20. The van der Waals surface area contributed by atoms with Gasteiger partial charge in [0.1, 0.15) is 5.75 Å². The molecule has 1 fully saturated rings. The third kappa shape index (κ3) is 2.82. The molecule has 0 aliphatic carbocycles. The van der Waals surface area contributed by atoms with E-state index in [1.165, 1.54) is 0 Å². The zero-order valence-corrected chi connectivity index (χ0v) is 11.0. The van der Waals surface area contributed by atoms with Crippen molar-refractivity contribution in [2.75, 3.05) is 27.2 Å². The van der Waals surface area contributed by atoms with Crippen LogP contribution in [-0.2, 0) is 0 Å². The van der Waals surface area contributed by atoms with Crippen molar-refractivity contribution in [2.45, 2.75) is 18.9 Å². The van der Waals surface area contributed by atoms with E-state index in [0.717, 1.165) is 37.2 Å². The van der Waals surface area contributed by atoms with E-state index in [9.17, 15) is 4.79 Å². The molecule has 1 N–H and O–H groups in total. The second-order valence-electron chi connectivity index (χ2n) is 4.63. The summed E-state index contributed by atoms with van der Waals surface area (Å²) in [5.74, 6) is 0.862. The Balaban J connectivity index is 2.04. The van der Waals surface area contributed by atoms with Gasteiger partial charge in [0, 0.05) is 18.7 Å². The van der Waals surface area contributed by atoms with E-state index < -0.39 is 0 Å². The van der Waals surface area contributed by atoms with E-state index >= 15 is 0 Å². The summed E-state index contributed by atoms with van der Waals surface area (Å²) in [6, 6.07) is 7.63. The first-order valence-corrected chi connectivity index (χ1v) is 6.34. The maximum Gasteiger partial charge on any atom is 0.253 e. The topological polar surface area (TPSA) is 41.6 Å². The highest BCUT2D eigenvalue weighted by Gasteiger charge is 2.22. The molecule has 0 bridgehead atoms. The molecule has 4 heteroatoms. The maximum atomic E-state index is 12.3. The number of hydrogen-bond donors (Lipinski definition) is 1. The van der Waals surface area contributed by atoms with Crippen molar-refractivity contribution in [1.82, 2.24) is 10.2 Å². The number of amides is 1. The van der Waals surface area contributed by atoms with E-state index in [0.29, 0.717) is 6.04 Å². The predicted molar refractivity (Wildman–Crippen MR) is 71.0 cm³/mol. The number of nitrogens with zero attached hydrogens (tertiary/aromatic N) is 1. The molecule has 1 aromatic carbocycles. The van der Waals surface area contributed by atoms with Gasteiger partial charge in [-0.1, -0.05) is 0 Å². The molecule has 0 aromatic heterocycles. The van der Waals surface area contributed by atoms with Gasteiger partial charge in [-0.25, -0.2) is 0 Å². The molecule has 1 aromatic rings. The molecule has 1 amide bonds. The van der Waals surface area contributed by atoms with Gasteiger partial charge in [-0.2, -0.15) is 0 Å². The molecule has 2 rings (SSSR count). The average Bonchev–Trinajstić information content (AvgIpc) is 2.47. The first-order valence-electron chi connectivity index (χ1n) is 6.34. The minimum Gasteiger partial charge on any atom is -0.497 e. The van der Waals surface area contributed by atoms with Crippen molar-refractivity contribution in [2.24, 2.45) is 0 Å². The van der Waals surface area contributed by atoms with E-state index in [2.05, 4.69) is 5.32 Å². The monoisotopic (exact) mass is 248 g/mol. The molecule has 0 spiro atoms. The molecule has 98 valence electrons. The number of carbonyl (C=O) groups is 1. The van der Waals surface area contributed by atoms with Crippen molar-refractivity contribution >= 4 is 5.91 Å². The fraction of sp³-hybridized carbons (Fsp3) is 0.500. The van der Waals surface area contributed by atoms with Crippen molar-refractivity contribution in [3.8, 4) is 5.75 Å². The summed E-state index contributed by atoms with van der Waals surface area (Å²) in [6.07, 6.45) is 2.05. The third-order valence-electron chi connectivity index (χ3n) is 3.51. The van der Waals surface area contributed by atoms with Crippen LogP contribution in [-0.4, -0.2) is 44.1 Å². The van der Waals surface area contributed by atoms with Crippen molar-refractivity contribution in [3.63, 3.8) is 0 Å². The van der Waals surface area contributed by atoms with Gasteiger partial charge in [-0.3, -0.25) is 4.79 Å². The van der Waals surface area contributed by atoms with Crippen LogP contribution in [0.5, 0.6) is 5.75 Å². The number of carbonyl (C=O) groups excluding carboxylic acids is 1. The number of piperidine rings is 1. The number of ether oxygens (including phenoxy) is 1. The van der Waals surface area contributed by atoms with Crippen molar-refractivity contribution in [1.29, 1.82) is 0 Å². The molecule has 0 atom stereocenters. The summed E-state index contributed by atoms with van der Waals surface area (Å²) in [6.45, 7) is 1.98. The Bertz CT molecular complexity index is 397. The molecule has 4 nitrogen and oxygen atoms in total. The Morgan fingerprint density at radius 2 is 1.89 bits per heavy atom. The first-order chi connectivity index (χ1) is 8.72. The Morgan fingerprint density at radius 1 is 1.28 bits per heavy atom. The molecule has 1 heterocycles. The number of methoxy groups -OCH3 is 1. The van der Waals surface area contributed by atoms with Crippen LogP contribution in [0.1, 0.15) is 23.2 Å².